The third-order valence-corrected chi connectivity index (χ3v) is 6.36. The van der Waals surface area contributed by atoms with E-state index in [-0.39, 0.29) is 39.8 Å². The van der Waals surface area contributed by atoms with Gasteiger partial charge in [0.15, 0.2) is 6.61 Å². The molecule has 0 atom stereocenters. The number of pyridine rings is 1. The summed E-state index contributed by atoms with van der Waals surface area (Å²) in [5.41, 5.74) is 2.42. The Bertz CT molecular complexity index is 1280. The molecular formula is C26H25ClF2N2O5. The topological polar surface area (TPSA) is 89.0 Å². The zero-order valence-corrected chi connectivity index (χ0v) is 20.4. The summed E-state index contributed by atoms with van der Waals surface area (Å²) in [4.78, 5) is 30.1. The van der Waals surface area contributed by atoms with Gasteiger partial charge in [-0.3, -0.25) is 9.78 Å². The average molecular weight is 519 g/mol. The lowest BCUT2D eigenvalue weighted by Crippen LogP contribution is -2.27. The Labute approximate surface area is 211 Å². The Morgan fingerprint density at radius 2 is 1.83 bits per heavy atom. The van der Waals surface area contributed by atoms with Crippen molar-refractivity contribution in [3.05, 3.63) is 63.8 Å². The SMILES string of the molecule is CCc1nc2c(Cl)ccc(OCC(=O)O)c2c(OC(F)F)c1Cc1ccc(C(=O)N2CCCC2)cc1. The molecule has 4 rings (SSSR count). The van der Waals surface area contributed by atoms with Crippen LogP contribution in [0.15, 0.2) is 36.4 Å². The number of nitrogens with zero attached hydrogens (tertiary/aromatic N) is 2. The van der Waals surface area contributed by atoms with Crippen molar-refractivity contribution in [3.8, 4) is 11.5 Å². The number of aromatic nitrogens is 1. The van der Waals surface area contributed by atoms with Gasteiger partial charge in [-0.25, -0.2) is 4.79 Å². The van der Waals surface area contributed by atoms with Crippen molar-refractivity contribution in [1.82, 2.24) is 9.88 Å². The summed E-state index contributed by atoms with van der Waals surface area (Å²) in [5.74, 6) is -1.39. The summed E-state index contributed by atoms with van der Waals surface area (Å²) in [6.07, 6.45) is 2.59. The van der Waals surface area contributed by atoms with Gasteiger partial charge in [-0.1, -0.05) is 30.7 Å². The molecule has 0 saturated carbocycles. The fourth-order valence-corrected chi connectivity index (χ4v) is 4.59. The lowest BCUT2D eigenvalue weighted by atomic mass is 9.97. The van der Waals surface area contributed by atoms with Crippen LogP contribution >= 0.6 is 11.6 Å². The number of carbonyl (C=O) groups is 2. The summed E-state index contributed by atoms with van der Waals surface area (Å²) in [6, 6.07) is 9.87. The quantitative estimate of drug-likeness (QED) is 0.411. The molecule has 190 valence electrons. The first-order valence-corrected chi connectivity index (χ1v) is 12.0. The molecule has 36 heavy (non-hydrogen) atoms. The number of alkyl halides is 2. The lowest BCUT2D eigenvalue weighted by Gasteiger charge is -2.20. The molecule has 0 radical (unpaired) electrons. The number of rotatable bonds is 9. The van der Waals surface area contributed by atoms with Gasteiger partial charge in [0.05, 0.1) is 15.9 Å². The van der Waals surface area contributed by atoms with Crippen LogP contribution in [0, 0.1) is 0 Å². The van der Waals surface area contributed by atoms with Crippen LogP contribution < -0.4 is 9.47 Å². The number of carboxylic acids is 1. The minimum absolute atomic E-state index is 0.0235. The van der Waals surface area contributed by atoms with Gasteiger partial charge in [0.2, 0.25) is 0 Å². The van der Waals surface area contributed by atoms with Crippen LogP contribution in [0.1, 0.15) is 46.9 Å². The third kappa shape index (κ3) is 5.51. The van der Waals surface area contributed by atoms with Gasteiger partial charge in [0.25, 0.3) is 5.91 Å². The van der Waals surface area contributed by atoms with Gasteiger partial charge in [0.1, 0.15) is 11.5 Å². The molecule has 0 bridgehead atoms. The Kier molecular flexibility index (Phi) is 7.88. The van der Waals surface area contributed by atoms with Crippen LogP contribution in [-0.4, -0.2) is 53.2 Å². The predicted octanol–water partition coefficient (Wildman–Crippen LogP) is 5.34. The van der Waals surface area contributed by atoms with Gasteiger partial charge in [-0.2, -0.15) is 8.78 Å². The van der Waals surface area contributed by atoms with E-state index in [0.29, 0.717) is 23.2 Å². The first-order valence-electron chi connectivity index (χ1n) is 11.6. The monoisotopic (exact) mass is 518 g/mol. The van der Waals surface area contributed by atoms with Crippen molar-refractivity contribution in [2.24, 2.45) is 0 Å². The standard InChI is InChI=1S/C26H25ClF2N2O5/c1-2-19-17(13-15-5-7-16(8-6-15)25(34)31-11-3-4-12-31)24(36-26(28)29)22-20(35-14-21(32)33)10-9-18(27)23(22)30-19/h5-10,26H,2-4,11-14H2,1H3,(H,32,33). The molecule has 0 aliphatic carbocycles. The maximum absolute atomic E-state index is 13.6. The first kappa shape index (κ1) is 25.6. The highest BCUT2D eigenvalue weighted by Crippen LogP contribution is 2.42. The van der Waals surface area contributed by atoms with Gasteiger partial charge in [-0.15, -0.1) is 0 Å². The van der Waals surface area contributed by atoms with E-state index in [2.05, 4.69) is 4.98 Å². The normalized spacial score (nSPS) is 13.4. The maximum atomic E-state index is 13.6. The number of amides is 1. The summed E-state index contributed by atoms with van der Waals surface area (Å²) in [6.45, 7) is -0.507. The molecule has 2 heterocycles. The number of halogens is 3. The highest BCUT2D eigenvalue weighted by Gasteiger charge is 2.24. The number of benzene rings is 2. The second-order valence-corrected chi connectivity index (χ2v) is 8.83. The first-order chi connectivity index (χ1) is 17.3. The van der Waals surface area contributed by atoms with Crippen LogP contribution in [-0.2, 0) is 17.6 Å². The molecule has 1 N–H and O–H groups in total. The van der Waals surface area contributed by atoms with Crippen LogP contribution in [0.2, 0.25) is 5.02 Å². The second-order valence-electron chi connectivity index (χ2n) is 8.42. The van der Waals surface area contributed by atoms with Gasteiger partial charge in [0, 0.05) is 36.3 Å². The van der Waals surface area contributed by atoms with Crippen molar-refractivity contribution in [2.45, 2.75) is 39.2 Å². The number of hydrogen-bond acceptors (Lipinski definition) is 5. The number of aryl methyl sites for hydroxylation is 1. The minimum atomic E-state index is -3.15. The number of fused-ring (bicyclic) bond motifs is 1. The molecule has 2 aromatic carbocycles. The smallest absolute Gasteiger partial charge is 0.387 e. The van der Waals surface area contributed by atoms with E-state index in [9.17, 15) is 18.4 Å². The Morgan fingerprint density at radius 3 is 2.44 bits per heavy atom. The van der Waals surface area contributed by atoms with Crippen LogP contribution in [0.4, 0.5) is 8.78 Å². The van der Waals surface area contributed by atoms with Crippen molar-refractivity contribution in [1.29, 1.82) is 0 Å². The molecule has 1 aromatic heterocycles. The number of hydrogen-bond donors (Lipinski definition) is 1. The van der Waals surface area contributed by atoms with Gasteiger partial charge in [-0.05, 0) is 49.1 Å². The summed E-state index contributed by atoms with van der Waals surface area (Å²) < 4.78 is 37.5. The number of aliphatic carboxylic acids is 1. The summed E-state index contributed by atoms with van der Waals surface area (Å²) in [5, 5.41) is 9.31. The maximum Gasteiger partial charge on any atom is 0.387 e. The van der Waals surface area contributed by atoms with E-state index in [1.54, 1.807) is 24.3 Å². The molecular weight excluding hydrogens is 494 g/mol. The van der Waals surface area contributed by atoms with Crippen molar-refractivity contribution in [2.75, 3.05) is 19.7 Å². The van der Waals surface area contributed by atoms with Crippen molar-refractivity contribution in [3.63, 3.8) is 0 Å². The molecule has 1 aliphatic heterocycles. The lowest BCUT2D eigenvalue weighted by molar-refractivity contribution is -0.139. The molecule has 1 saturated heterocycles. The molecule has 1 aliphatic rings. The van der Waals surface area contributed by atoms with E-state index < -0.39 is 19.2 Å². The molecule has 0 unspecified atom stereocenters. The fraction of sp³-hybridized carbons (Fsp3) is 0.346. The van der Waals surface area contributed by atoms with Gasteiger partial charge < -0.3 is 19.5 Å². The second kappa shape index (κ2) is 11.1. The number of likely N-dealkylation sites (tertiary alicyclic amines) is 1. The Balaban J connectivity index is 1.78. The van der Waals surface area contributed by atoms with Crippen LogP contribution in [0.3, 0.4) is 0 Å². The molecule has 0 spiro atoms. The van der Waals surface area contributed by atoms with E-state index >= 15 is 0 Å². The number of carboxylic acid groups (broad SMARTS) is 1. The highest BCUT2D eigenvalue weighted by atomic mass is 35.5. The zero-order chi connectivity index (χ0) is 25.8. The molecule has 1 fully saturated rings. The molecule has 1 amide bonds. The van der Waals surface area contributed by atoms with Gasteiger partial charge >= 0.3 is 12.6 Å². The molecule has 3 aromatic rings. The number of ether oxygens (including phenoxy) is 2. The summed E-state index contributed by atoms with van der Waals surface area (Å²) in [7, 11) is 0. The molecule has 7 nitrogen and oxygen atoms in total. The molecule has 10 heteroatoms. The summed E-state index contributed by atoms with van der Waals surface area (Å²) >= 11 is 6.33. The Morgan fingerprint density at radius 1 is 1.14 bits per heavy atom. The third-order valence-electron chi connectivity index (χ3n) is 6.05. The van der Waals surface area contributed by atoms with E-state index in [0.717, 1.165) is 31.5 Å². The van der Waals surface area contributed by atoms with E-state index in [1.165, 1.54) is 12.1 Å². The van der Waals surface area contributed by atoms with Crippen LogP contribution in [0.5, 0.6) is 11.5 Å². The van der Waals surface area contributed by atoms with Crippen molar-refractivity contribution >= 4 is 34.4 Å². The van der Waals surface area contributed by atoms with Crippen LogP contribution in [0.25, 0.3) is 10.9 Å². The van der Waals surface area contributed by atoms with E-state index in [4.69, 9.17) is 26.2 Å². The predicted molar refractivity (Wildman–Crippen MR) is 130 cm³/mol. The zero-order valence-electron chi connectivity index (χ0n) is 19.6. The van der Waals surface area contributed by atoms with Crippen molar-refractivity contribution < 1.29 is 33.0 Å². The fourth-order valence-electron chi connectivity index (χ4n) is 4.39. The average Bonchev–Trinajstić information content (AvgIpc) is 3.39. The largest absolute Gasteiger partial charge is 0.481 e. The van der Waals surface area contributed by atoms with E-state index in [1.807, 2.05) is 11.8 Å². The Hall–Kier alpha value is -3.46. The minimum Gasteiger partial charge on any atom is -0.481 e. The number of carbonyl (C=O) groups excluding carboxylic acids is 1. The highest BCUT2D eigenvalue weighted by molar-refractivity contribution is 6.35.